The fraction of sp³-hybridized carbons (Fsp3) is 0.702. The van der Waals surface area contributed by atoms with Crippen LogP contribution in [-0.2, 0) is 4.79 Å². The van der Waals surface area contributed by atoms with E-state index in [0.717, 1.165) is 83.5 Å². The zero-order valence-corrected chi connectivity index (χ0v) is 40.2. The average molecular weight is 846 g/mol. The second kappa shape index (κ2) is 51.7. The minimum Gasteiger partial charge on any atom is -0.394 e. The number of rotatable bonds is 46. The van der Waals surface area contributed by atoms with Crippen molar-refractivity contribution in [3.63, 3.8) is 0 Å². The largest absolute Gasteiger partial charge is 0.394 e. The van der Waals surface area contributed by atoms with Gasteiger partial charge >= 0.3 is 0 Å². The summed E-state index contributed by atoms with van der Waals surface area (Å²) < 4.78 is 0. The molecule has 0 radical (unpaired) electrons. The van der Waals surface area contributed by atoms with Crippen LogP contribution in [0, 0.1) is 0 Å². The fourth-order valence-corrected chi connectivity index (χ4v) is 7.35. The Morgan fingerprint density at radius 3 is 1.15 bits per heavy atom. The predicted molar refractivity (Wildman–Crippen MR) is 271 cm³/mol. The molecular formula is C57H99NO3. The van der Waals surface area contributed by atoms with Crippen LogP contribution < -0.4 is 5.32 Å². The number of allylic oxidation sites excluding steroid dienone is 15. The van der Waals surface area contributed by atoms with Crippen LogP contribution in [-0.4, -0.2) is 34.9 Å². The number of amides is 1. The molecule has 0 aliphatic rings. The lowest BCUT2D eigenvalue weighted by molar-refractivity contribution is -0.123. The molecule has 0 aromatic heterocycles. The van der Waals surface area contributed by atoms with Gasteiger partial charge in [0.1, 0.15) is 0 Å². The van der Waals surface area contributed by atoms with Gasteiger partial charge in [0.15, 0.2) is 0 Å². The van der Waals surface area contributed by atoms with Crippen LogP contribution in [0.2, 0.25) is 0 Å². The van der Waals surface area contributed by atoms with Gasteiger partial charge in [-0.05, 0) is 89.9 Å². The summed E-state index contributed by atoms with van der Waals surface area (Å²) >= 11 is 0. The molecule has 0 saturated heterocycles. The smallest absolute Gasteiger partial charge is 0.220 e. The molecule has 4 nitrogen and oxygen atoms in total. The highest BCUT2D eigenvalue weighted by Crippen LogP contribution is 2.15. The summed E-state index contributed by atoms with van der Waals surface area (Å²) in [6.45, 7) is 4.18. The summed E-state index contributed by atoms with van der Waals surface area (Å²) in [4.78, 5) is 12.4. The molecule has 0 saturated carbocycles. The molecule has 1 amide bonds. The maximum absolute atomic E-state index is 12.4. The molecule has 2 unspecified atom stereocenters. The minimum absolute atomic E-state index is 0.0994. The third kappa shape index (κ3) is 48.2. The maximum Gasteiger partial charge on any atom is 0.220 e. The summed E-state index contributed by atoms with van der Waals surface area (Å²) in [5.41, 5.74) is 0. The molecule has 0 spiro atoms. The van der Waals surface area contributed by atoms with E-state index in [9.17, 15) is 15.0 Å². The van der Waals surface area contributed by atoms with E-state index in [1.165, 1.54) is 135 Å². The van der Waals surface area contributed by atoms with Gasteiger partial charge in [-0.3, -0.25) is 4.79 Å². The lowest BCUT2D eigenvalue weighted by Crippen LogP contribution is -2.45. The molecule has 0 aromatic carbocycles. The molecule has 4 heteroatoms. The van der Waals surface area contributed by atoms with E-state index in [-0.39, 0.29) is 12.5 Å². The van der Waals surface area contributed by atoms with Gasteiger partial charge in [0.25, 0.3) is 0 Å². The SMILES string of the molecule is CC/C=C\C/C=C\C/C=C\C/C=C\C/C=C\CCCCCCCC(=O)NC(CO)C(O)/C=C/CC/C=C/CC/C=C/CCCCCCCCCCCCCCCCCCCC. The van der Waals surface area contributed by atoms with Crippen molar-refractivity contribution in [3.8, 4) is 0 Å². The van der Waals surface area contributed by atoms with Gasteiger partial charge in [-0.2, -0.15) is 0 Å². The van der Waals surface area contributed by atoms with Crippen molar-refractivity contribution < 1.29 is 15.0 Å². The van der Waals surface area contributed by atoms with E-state index in [1.807, 2.05) is 6.08 Å². The normalized spacial score (nSPS) is 13.7. The lowest BCUT2D eigenvalue weighted by Gasteiger charge is -2.19. The molecule has 0 fully saturated rings. The highest BCUT2D eigenvalue weighted by atomic mass is 16.3. The van der Waals surface area contributed by atoms with Crippen LogP contribution in [0.25, 0.3) is 0 Å². The molecule has 0 aromatic rings. The highest BCUT2D eigenvalue weighted by Gasteiger charge is 2.17. The van der Waals surface area contributed by atoms with Gasteiger partial charge in [-0.25, -0.2) is 0 Å². The second-order valence-electron chi connectivity index (χ2n) is 17.2. The first-order valence-corrected chi connectivity index (χ1v) is 26.0. The van der Waals surface area contributed by atoms with Crippen molar-refractivity contribution in [1.82, 2.24) is 5.32 Å². The molecule has 0 bridgehead atoms. The quantitative estimate of drug-likeness (QED) is 0.0422. The fourth-order valence-electron chi connectivity index (χ4n) is 7.35. The van der Waals surface area contributed by atoms with E-state index < -0.39 is 12.1 Å². The molecule has 2 atom stereocenters. The first-order valence-electron chi connectivity index (χ1n) is 26.0. The number of aliphatic hydroxyl groups excluding tert-OH is 2. The molecular weight excluding hydrogens is 747 g/mol. The molecule has 0 heterocycles. The summed E-state index contributed by atoms with van der Waals surface area (Å²) in [5, 5.41) is 23.1. The van der Waals surface area contributed by atoms with Gasteiger partial charge in [0, 0.05) is 6.42 Å². The molecule has 0 rings (SSSR count). The Morgan fingerprint density at radius 2 is 0.738 bits per heavy atom. The van der Waals surface area contributed by atoms with Crippen molar-refractivity contribution in [3.05, 3.63) is 97.2 Å². The van der Waals surface area contributed by atoms with Gasteiger partial charge in [-0.1, -0.05) is 239 Å². The van der Waals surface area contributed by atoms with E-state index in [1.54, 1.807) is 6.08 Å². The Kier molecular flexibility index (Phi) is 49.4. The summed E-state index contributed by atoms with van der Waals surface area (Å²) in [5.74, 6) is -0.0994. The van der Waals surface area contributed by atoms with Crippen LogP contribution in [0.5, 0.6) is 0 Å². The number of hydrogen-bond acceptors (Lipinski definition) is 3. The van der Waals surface area contributed by atoms with Crippen LogP contribution >= 0.6 is 0 Å². The molecule has 61 heavy (non-hydrogen) atoms. The van der Waals surface area contributed by atoms with Gasteiger partial charge in [0.05, 0.1) is 18.8 Å². The first kappa shape index (κ1) is 58.3. The van der Waals surface area contributed by atoms with Crippen molar-refractivity contribution in [1.29, 1.82) is 0 Å². The molecule has 350 valence electrons. The summed E-state index contributed by atoms with van der Waals surface area (Å²) in [7, 11) is 0. The maximum atomic E-state index is 12.4. The minimum atomic E-state index is -0.886. The van der Waals surface area contributed by atoms with Crippen molar-refractivity contribution in [2.45, 2.75) is 251 Å². The van der Waals surface area contributed by atoms with Crippen molar-refractivity contribution >= 4 is 5.91 Å². The van der Waals surface area contributed by atoms with Crippen molar-refractivity contribution in [2.24, 2.45) is 0 Å². The number of unbranched alkanes of at least 4 members (excludes halogenated alkanes) is 25. The Labute approximate surface area is 379 Å². The topological polar surface area (TPSA) is 69.6 Å². The third-order valence-electron chi connectivity index (χ3n) is 11.3. The van der Waals surface area contributed by atoms with Crippen LogP contribution in [0.1, 0.15) is 239 Å². The Bertz CT molecular complexity index is 1140. The third-order valence-corrected chi connectivity index (χ3v) is 11.3. The van der Waals surface area contributed by atoms with Gasteiger partial charge < -0.3 is 15.5 Å². The Balaban J connectivity index is 3.65. The average Bonchev–Trinajstić information content (AvgIpc) is 3.26. The number of hydrogen-bond donors (Lipinski definition) is 3. The molecule has 0 aliphatic carbocycles. The molecule has 3 N–H and O–H groups in total. The standard InChI is InChI=1S/C57H99NO3/c1-3-5-7-9-11-13-15-17-19-21-23-25-26-27-28-29-30-31-33-34-36-38-40-42-44-46-48-50-52-56(60)55(54-59)58-57(61)53-51-49-47-45-43-41-39-37-35-32-24-22-20-18-16-14-12-10-8-6-4-2/h6,8,12,14,18,20,24,32,34,36-37,39,42,44,50,52,55-56,59-60H,3-5,7,9-11,13,15-17,19,21-23,25-31,33,35,38,40-41,43,45-49,51,53-54H2,1-2H3,(H,58,61)/b8-6-,14-12-,20-18-,32-24-,36-34+,39-37-,44-42+,52-50+. The monoisotopic (exact) mass is 846 g/mol. The van der Waals surface area contributed by atoms with E-state index in [0.29, 0.717) is 6.42 Å². The van der Waals surface area contributed by atoms with Crippen molar-refractivity contribution in [2.75, 3.05) is 6.61 Å². The number of carbonyl (C=O) groups is 1. The van der Waals surface area contributed by atoms with Gasteiger partial charge in [-0.15, -0.1) is 0 Å². The number of aliphatic hydroxyl groups is 2. The molecule has 0 aliphatic heterocycles. The zero-order chi connectivity index (χ0) is 44.2. The number of nitrogens with one attached hydrogen (secondary N) is 1. The lowest BCUT2D eigenvalue weighted by atomic mass is 10.0. The van der Waals surface area contributed by atoms with Crippen LogP contribution in [0.4, 0.5) is 0 Å². The van der Waals surface area contributed by atoms with E-state index in [2.05, 4.69) is 104 Å². The van der Waals surface area contributed by atoms with Crippen LogP contribution in [0.3, 0.4) is 0 Å². The Hall–Kier alpha value is -2.69. The van der Waals surface area contributed by atoms with Gasteiger partial charge in [0.2, 0.25) is 5.91 Å². The van der Waals surface area contributed by atoms with Crippen LogP contribution in [0.15, 0.2) is 97.2 Å². The second-order valence-corrected chi connectivity index (χ2v) is 17.2. The highest BCUT2D eigenvalue weighted by molar-refractivity contribution is 5.76. The van der Waals surface area contributed by atoms with E-state index in [4.69, 9.17) is 0 Å². The zero-order valence-electron chi connectivity index (χ0n) is 40.2. The predicted octanol–water partition coefficient (Wildman–Crippen LogP) is 17.0. The number of carbonyl (C=O) groups excluding carboxylic acids is 1. The summed E-state index contributed by atoms with van der Waals surface area (Å²) in [6, 6.07) is -0.663. The summed E-state index contributed by atoms with van der Waals surface area (Å²) in [6.07, 6.45) is 76.9. The Morgan fingerprint density at radius 1 is 0.410 bits per heavy atom. The first-order chi connectivity index (χ1) is 30.2. The van der Waals surface area contributed by atoms with E-state index >= 15 is 0 Å².